The third kappa shape index (κ3) is 3.21. The van der Waals surface area contributed by atoms with Crippen LogP contribution in [0.3, 0.4) is 0 Å². The van der Waals surface area contributed by atoms with Gasteiger partial charge in [-0.3, -0.25) is 0 Å². The van der Waals surface area contributed by atoms with Gasteiger partial charge in [0.1, 0.15) is 0 Å². The van der Waals surface area contributed by atoms with Crippen LogP contribution in [0.2, 0.25) is 13.1 Å². The molecule has 3 aromatic rings. The summed E-state index contributed by atoms with van der Waals surface area (Å²) in [6, 6.07) is 17.5. The molecule has 0 saturated heterocycles. The van der Waals surface area contributed by atoms with E-state index < -0.39 is 19.4 Å². The molecule has 4 rings (SSSR count). The molecule has 2 nitrogen and oxygen atoms in total. The molecule has 2 aromatic carbocycles. The van der Waals surface area contributed by atoms with Gasteiger partial charge < -0.3 is 0 Å². The van der Waals surface area contributed by atoms with Crippen LogP contribution in [0.15, 0.2) is 48.5 Å². The zero-order valence-corrected chi connectivity index (χ0v) is 22.4. The number of halogens is 2. The van der Waals surface area contributed by atoms with Crippen LogP contribution < -0.4 is 3.80 Å². The summed E-state index contributed by atoms with van der Waals surface area (Å²) in [6.07, 6.45) is 0. The third-order valence-corrected chi connectivity index (χ3v) is 38.2. The zero-order valence-electron chi connectivity index (χ0n) is 18.2. The van der Waals surface area contributed by atoms with E-state index >= 15 is 0 Å². The van der Waals surface area contributed by atoms with Gasteiger partial charge in [-0.1, -0.05) is 0 Å². The molecule has 1 heterocycles. The van der Waals surface area contributed by atoms with Gasteiger partial charge in [-0.15, -0.1) is 0 Å². The predicted octanol–water partition coefficient (Wildman–Crippen LogP) is 7.01. The van der Waals surface area contributed by atoms with Gasteiger partial charge in [-0.25, -0.2) is 0 Å². The van der Waals surface area contributed by atoms with Gasteiger partial charge >= 0.3 is 185 Å². The molecule has 0 saturated carbocycles. The summed E-state index contributed by atoms with van der Waals surface area (Å²) < 4.78 is 6.42. The molecule has 1 unspecified atom stereocenters. The number of benzene rings is 2. The van der Waals surface area contributed by atoms with Crippen molar-refractivity contribution in [1.29, 1.82) is 0 Å². The van der Waals surface area contributed by atoms with E-state index in [1.807, 2.05) is 0 Å². The molecule has 0 amide bonds. The first-order chi connectivity index (χ1) is 13.5. The molecule has 29 heavy (non-hydrogen) atoms. The van der Waals surface area contributed by atoms with Crippen molar-refractivity contribution < 1.29 is 12.7 Å². The molecule has 0 aliphatic heterocycles. The fraction of sp³-hybridized carbons (Fsp3) is 0.391. The normalized spacial score (nSPS) is 18.0. The number of hydrogen-bond acceptors (Lipinski definition) is 1. The van der Waals surface area contributed by atoms with Crippen molar-refractivity contribution in [2.24, 2.45) is 0 Å². The monoisotopic (exact) mass is 481 g/mol. The Morgan fingerprint density at radius 2 is 1.66 bits per heavy atom. The number of rotatable bonds is 4. The fourth-order valence-electron chi connectivity index (χ4n) is 5.17. The average Bonchev–Trinajstić information content (AvgIpc) is 3.12. The fourth-order valence-corrected chi connectivity index (χ4v) is 22.9. The minimum absolute atomic E-state index is 0.0553. The summed E-state index contributed by atoms with van der Waals surface area (Å²) in [4.78, 5) is 0. The van der Waals surface area contributed by atoms with Crippen molar-refractivity contribution in [2.45, 2.75) is 57.1 Å². The first-order valence-corrected chi connectivity index (χ1v) is 22.1. The van der Waals surface area contributed by atoms with Gasteiger partial charge in [0.25, 0.3) is 0 Å². The quantitative estimate of drug-likeness (QED) is 0.396. The van der Waals surface area contributed by atoms with Gasteiger partial charge in [0.15, 0.2) is 0 Å². The standard InChI is InChI=1S/C17H14N.C4H10N.C2H7Si.2ClH.Ti/c1-2-18-15-10-6-5-9-14(15)17-13-8-4-3-7-12(13)11-16(17)18;1-4(2,3)5;1-3-2;;;/h3-11H,2H2,1H3;5H,1-3H3;3H,1-2H3;2*1H;/q;-1;;;;+3/p-2. The Kier molecular flexibility index (Phi) is 5.22. The number of aromatic nitrogens is 1. The molecule has 1 aliphatic rings. The van der Waals surface area contributed by atoms with Gasteiger partial charge in [-0.2, -0.15) is 0 Å². The van der Waals surface area contributed by atoms with Crippen molar-refractivity contribution in [3.05, 3.63) is 59.8 Å². The molecule has 0 spiro atoms. The van der Waals surface area contributed by atoms with E-state index in [0.717, 1.165) is 6.54 Å². The molecule has 155 valence electrons. The SMILES string of the molecule is CCn1c2c(c3ccccc31)-c1ccccc1[CH]2[Ti]([Cl])([Cl])([NH]C(C)(C)C)[SiH](C)C. The zero-order chi connectivity index (χ0) is 21.2. The van der Waals surface area contributed by atoms with E-state index in [1.165, 1.54) is 33.3 Å². The number of nitrogens with zero attached hydrogens (tertiary/aromatic N) is 1. The summed E-state index contributed by atoms with van der Waals surface area (Å²) in [5, 5.41) is 1.31. The van der Waals surface area contributed by atoms with E-state index in [-0.39, 0.29) is 9.76 Å². The van der Waals surface area contributed by atoms with Crippen LogP contribution in [0, 0.1) is 0 Å². The summed E-state index contributed by atoms with van der Waals surface area (Å²) in [6.45, 7) is 12.9. The Hall–Kier alpha value is -0.549. The maximum absolute atomic E-state index is 7.83. The number of para-hydroxylation sites is 1. The Labute approximate surface area is 184 Å². The van der Waals surface area contributed by atoms with Crippen molar-refractivity contribution in [2.75, 3.05) is 0 Å². The van der Waals surface area contributed by atoms with Crippen LogP contribution in [0.4, 0.5) is 0 Å². The Morgan fingerprint density at radius 3 is 2.28 bits per heavy atom. The number of nitrogens with one attached hydrogen (secondary N) is 1. The van der Waals surface area contributed by atoms with Gasteiger partial charge in [0.2, 0.25) is 0 Å². The first kappa shape index (κ1) is 21.7. The summed E-state index contributed by atoms with van der Waals surface area (Å²) >= 11 is -4.21. The van der Waals surface area contributed by atoms with Crippen LogP contribution in [0.25, 0.3) is 22.0 Å². The summed E-state index contributed by atoms with van der Waals surface area (Å²) in [7, 11) is 15.7. The second-order valence-corrected chi connectivity index (χ2v) is 37.8. The molecule has 0 radical (unpaired) electrons. The van der Waals surface area contributed by atoms with Gasteiger partial charge in [0, 0.05) is 0 Å². The molecular formula is C23H31Cl2N2SiTi. The predicted molar refractivity (Wildman–Crippen MR) is 128 cm³/mol. The number of hydrogen-bond donors (Lipinski definition) is 1. The molecule has 1 aromatic heterocycles. The van der Waals surface area contributed by atoms with Crippen LogP contribution in [-0.4, -0.2) is 16.8 Å². The first-order valence-electron chi connectivity index (χ1n) is 10.6. The van der Waals surface area contributed by atoms with Crippen molar-refractivity contribution >= 4 is 36.2 Å². The van der Waals surface area contributed by atoms with Crippen molar-refractivity contribution in [3.63, 3.8) is 0 Å². The van der Waals surface area contributed by atoms with Crippen LogP contribution in [0.5, 0.6) is 0 Å². The molecule has 0 fully saturated rings. The van der Waals surface area contributed by atoms with E-state index in [1.54, 1.807) is 0 Å². The molecule has 0 bridgehead atoms. The van der Waals surface area contributed by atoms with Gasteiger partial charge in [0.05, 0.1) is 0 Å². The average molecular weight is 482 g/mol. The molecular weight excluding hydrogens is 451 g/mol. The van der Waals surface area contributed by atoms with Crippen molar-refractivity contribution in [1.82, 2.24) is 8.37 Å². The van der Waals surface area contributed by atoms with E-state index in [0.29, 0.717) is 0 Å². The van der Waals surface area contributed by atoms with Crippen molar-refractivity contribution in [3.8, 4) is 11.1 Å². The molecule has 6 heteroatoms. The Bertz CT molecular complexity index is 1100. The third-order valence-electron chi connectivity index (χ3n) is 6.34. The second kappa shape index (κ2) is 6.98. The summed E-state index contributed by atoms with van der Waals surface area (Å²) in [5.41, 5.74) is 6.42. The van der Waals surface area contributed by atoms with Crippen LogP contribution >= 0.6 is 18.6 Å². The molecule has 1 atom stereocenters. The van der Waals surface area contributed by atoms with Crippen LogP contribution in [0.1, 0.15) is 43.2 Å². The summed E-state index contributed by atoms with van der Waals surface area (Å²) in [5.74, 6) is 0. The van der Waals surface area contributed by atoms with E-state index in [9.17, 15) is 0 Å². The van der Waals surface area contributed by atoms with Gasteiger partial charge in [-0.05, 0) is 0 Å². The Morgan fingerprint density at radius 1 is 1.03 bits per heavy atom. The molecule has 1 aliphatic carbocycles. The molecule has 1 N–H and O–H groups in total. The second-order valence-electron chi connectivity index (χ2n) is 9.72. The van der Waals surface area contributed by atoms with E-state index in [2.05, 4.69) is 97.7 Å². The van der Waals surface area contributed by atoms with E-state index in [4.69, 9.17) is 18.6 Å². The minimum atomic E-state index is -4.21. The Balaban J connectivity index is 2.14. The topological polar surface area (TPSA) is 17.0 Å². The van der Waals surface area contributed by atoms with Crippen LogP contribution in [-0.2, 0) is 19.2 Å². The number of fused-ring (bicyclic) bond motifs is 5. The maximum atomic E-state index is 7.83. The number of aryl methyl sites for hydroxylation is 1.